The molecule has 1 saturated heterocycles. The van der Waals surface area contributed by atoms with Crippen LogP contribution >= 0.6 is 15.9 Å². The van der Waals surface area contributed by atoms with E-state index >= 15 is 0 Å². The Balaban J connectivity index is 1.80. The summed E-state index contributed by atoms with van der Waals surface area (Å²) in [5.41, 5.74) is 2.65. The Bertz CT molecular complexity index is 423. The second-order valence-corrected chi connectivity index (χ2v) is 6.29. The maximum absolute atomic E-state index is 3.65. The first-order chi connectivity index (χ1) is 8.72. The van der Waals surface area contributed by atoms with Gasteiger partial charge in [-0.2, -0.15) is 0 Å². The van der Waals surface area contributed by atoms with E-state index in [1.807, 2.05) is 0 Å². The van der Waals surface area contributed by atoms with E-state index in [1.54, 1.807) is 0 Å². The lowest BCUT2D eigenvalue weighted by molar-refractivity contribution is 0.313. The van der Waals surface area contributed by atoms with Gasteiger partial charge in [0.25, 0.3) is 0 Å². The molecule has 1 saturated carbocycles. The molecule has 0 bridgehead atoms. The quantitative estimate of drug-likeness (QED) is 0.926. The first-order valence-electron chi connectivity index (χ1n) is 6.72. The van der Waals surface area contributed by atoms with Gasteiger partial charge in [-0.3, -0.25) is 0 Å². The van der Waals surface area contributed by atoms with Crippen molar-refractivity contribution < 1.29 is 0 Å². The Morgan fingerprint density at radius 1 is 1.17 bits per heavy atom. The van der Waals surface area contributed by atoms with Crippen molar-refractivity contribution in [3.8, 4) is 0 Å². The molecule has 18 heavy (non-hydrogen) atoms. The predicted molar refractivity (Wildman–Crippen MR) is 80.5 cm³/mol. The minimum Gasteiger partial charge on any atom is -0.381 e. The lowest BCUT2D eigenvalue weighted by atomic mass is 10.2. The van der Waals surface area contributed by atoms with E-state index in [9.17, 15) is 0 Å². The summed E-state index contributed by atoms with van der Waals surface area (Å²) in [4.78, 5) is 4.89. The number of likely N-dealkylation sites (N-methyl/N-ethyl adjacent to an activating group) is 1. The number of benzene rings is 1. The van der Waals surface area contributed by atoms with Gasteiger partial charge in [0.15, 0.2) is 0 Å². The van der Waals surface area contributed by atoms with E-state index in [4.69, 9.17) is 0 Å². The number of nitrogens with zero attached hydrogens (tertiary/aromatic N) is 2. The number of hydrogen-bond donors (Lipinski definition) is 1. The highest BCUT2D eigenvalue weighted by Gasteiger charge is 2.24. The maximum Gasteiger partial charge on any atom is 0.0603 e. The summed E-state index contributed by atoms with van der Waals surface area (Å²) in [6.45, 7) is 4.55. The highest BCUT2D eigenvalue weighted by atomic mass is 79.9. The molecular formula is C14H20BrN3. The van der Waals surface area contributed by atoms with E-state index in [0.717, 1.165) is 30.7 Å². The smallest absolute Gasteiger partial charge is 0.0603 e. The zero-order valence-corrected chi connectivity index (χ0v) is 12.4. The molecule has 0 aromatic heterocycles. The molecule has 1 N–H and O–H groups in total. The van der Waals surface area contributed by atoms with Gasteiger partial charge in [0.1, 0.15) is 0 Å². The van der Waals surface area contributed by atoms with Crippen molar-refractivity contribution in [3.05, 3.63) is 22.7 Å². The molecule has 3 rings (SSSR count). The molecule has 0 radical (unpaired) electrons. The summed E-state index contributed by atoms with van der Waals surface area (Å²) >= 11 is 3.57. The normalized spacial score (nSPS) is 21.1. The number of piperazine rings is 1. The van der Waals surface area contributed by atoms with Crippen LogP contribution in [0.15, 0.2) is 22.7 Å². The lowest BCUT2D eigenvalue weighted by Crippen LogP contribution is -2.44. The average Bonchev–Trinajstić information content (AvgIpc) is 3.15. The van der Waals surface area contributed by atoms with Gasteiger partial charge >= 0.3 is 0 Å². The molecule has 0 atom stereocenters. The lowest BCUT2D eigenvalue weighted by Gasteiger charge is -2.35. The van der Waals surface area contributed by atoms with Crippen LogP contribution < -0.4 is 10.2 Å². The van der Waals surface area contributed by atoms with Gasteiger partial charge in [-0.25, -0.2) is 0 Å². The molecule has 1 aliphatic heterocycles. The Morgan fingerprint density at radius 2 is 1.89 bits per heavy atom. The molecule has 4 heteroatoms. The third-order valence-corrected chi connectivity index (χ3v) is 4.23. The van der Waals surface area contributed by atoms with Crippen LogP contribution in [-0.4, -0.2) is 44.2 Å². The van der Waals surface area contributed by atoms with Crippen LogP contribution in [0.1, 0.15) is 12.8 Å². The van der Waals surface area contributed by atoms with E-state index in [-0.39, 0.29) is 0 Å². The highest BCUT2D eigenvalue weighted by Crippen LogP contribution is 2.34. The van der Waals surface area contributed by atoms with E-state index < -0.39 is 0 Å². The van der Waals surface area contributed by atoms with Gasteiger partial charge in [-0.15, -0.1) is 0 Å². The van der Waals surface area contributed by atoms with Crippen LogP contribution in [0.25, 0.3) is 0 Å². The second-order valence-electron chi connectivity index (χ2n) is 5.37. The summed E-state index contributed by atoms with van der Waals surface area (Å²) in [5, 5.41) is 3.65. The fraction of sp³-hybridized carbons (Fsp3) is 0.571. The van der Waals surface area contributed by atoms with Gasteiger partial charge in [0.05, 0.1) is 11.4 Å². The maximum atomic E-state index is 3.65. The molecule has 1 aromatic rings. The third kappa shape index (κ3) is 2.81. The fourth-order valence-corrected chi connectivity index (χ4v) is 2.76. The molecule has 0 spiro atoms. The van der Waals surface area contributed by atoms with Crippen LogP contribution in [0.2, 0.25) is 0 Å². The van der Waals surface area contributed by atoms with Crippen LogP contribution in [0, 0.1) is 0 Å². The van der Waals surface area contributed by atoms with Gasteiger partial charge in [-0.1, -0.05) is 15.9 Å². The molecule has 1 aliphatic carbocycles. The molecule has 3 nitrogen and oxygen atoms in total. The zero-order chi connectivity index (χ0) is 12.5. The van der Waals surface area contributed by atoms with E-state index in [2.05, 4.69) is 56.3 Å². The van der Waals surface area contributed by atoms with Crippen molar-refractivity contribution in [1.82, 2.24) is 4.90 Å². The molecule has 0 amide bonds. The summed E-state index contributed by atoms with van der Waals surface area (Å²) < 4.78 is 1.16. The standard InChI is InChI=1S/C14H20BrN3/c1-17-6-8-18(9-7-17)14-5-2-11(15)10-13(14)16-12-3-4-12/h2,5,10,12,16H,3-4,6-9H2,1H3. The predicted octanol–water partition coefficient (Wildman–Crippen LogP) is 2.78. The highest BCUT2D eigenvalue weighted by molar-refractivity contribution is 9.10. The SMILES string of the molecule is CN1CCN(c2ccc(Br)cc2NC2CC2)CC1. The van der Waals surface area contributed by atoms with Gasteiger partial charge in [0, 0.05) is 36.7 Å². The zero-order valence-electron chi connectivity index (χ0n) is 10.8. The van der Waals surface area contributed by atoms with Crippen LogP contribution in [0.4, 0.5) is 11.4 Å². The summed E-state index contributed by atoms with van der Waals surface area (Å²) in [6.07, 6.45) is 2.63. The number of hydrogen-bond acceptors (Lipinski definition) is 3. The van der Waals surface area contributed by atoms with Gasteiger partial charge in [0.2, 0.25) is 0 Å². The van der Waals surface area contributed by atoms with Gasteiger partial charge in [-0.05, 0) is 38.1 Å². The van der Waals surface area contributed by atoms with Crippen LogP contribution in [0.3, 0.4) is 0 Å². The number of nitrogens with one attached hydrogen (secondary N) is 1. The van der Waals surface area contributed by atoms with Crippen molar-refractivity contribution in [2.24, 2.45) is 0 Å². The largest absolute Gasteiger partial charge is 0.381 e. The average molecular weight is 310 g/mol. The summed E-state index contributed by atoms with van der Waals surface area (Å²) in [7, 11) is 2.20. The topological polar surface area (TPSA) is 18.5 Å². The molecule has 0 unspecified atom stereocenters. The first-order valence-corrected chi connectivity index (χ1v) is 7.51. The Hall–Kier alpha value is -0.740. The second kappa shape index (κ2) is 5.10. The third-order valence-electron chi connectivity index (χ3n) is 3.74. The number of halogens is 1. The Morgan fingerprint density at radius 3 is 2.56 bits per heavy atom. The molecule has 1 heterocycles. The minimum absolute atomic E-state index is 0.700. The summed E-state index contributed by atoms with van der Waals surface area (Å²) in [6, 6.07) is 7.29. The van der Waals surface area contributed by atoms with Gasteiger partial charge < -0.3 is 15.1 Å². The molecular weight excluding hydrogens is 290 g/mol. The number of anilines is 2. The van der Waals surface area contributed by atoms with Crippen molar-refractivity contribution in [2.75, 3.05) is 43.4 Å². The minimum atomic E-state index is 0.700. The summed E-state index contributed by atoms with van der Waals surface area (Å²) in [5.74, 6) is 0. The van der Waals surface area contributed by atoms with Crippen LogP contribution in [-0.2, 0) is 0 Å². The molecule has 1 aromatic carbocycles. The van der Waals surface area contributed by atoms with Crippen molar-refractivity contribution in [3.63, 3.8) is 0 Å². The van der Waals surface area contributed by atoms with Crippen molar-refractivity contribution >= 4 is 27.3 Å². The number of rotatable bonds is 3. The fourth-order valence-electron chi connectivity index (χ4n) is 2.39. The van der Waals surface area contributed by atoms with Crippen LogP contribution in [0.5, 0.6) is 0 Å². The molecule has 98 valence electrons. The Kier molecular flexibility index (Phi) is 3.48. The Labute approximate surface area is 117 Å². The monoisotopic (exact) mass is 309 g/mol. The van der Waals surface area contributed by atoms with Crippen molar-refractivity contribution in [1.29, 1.82) is 0 Å². The van der Waals surface area contributed by atoms with Crippen molar-refractivity contribution in [2.45, 2.75) is 18.9 Å². The molecule has 2 fully saturated rings. The van der Waals surface area contributed by atoms with E-state index in [0.29, 0.717) is 6.04 Å². The first kappa shape index (κ1) is 12.3. The van der Waals surface area contributed by atoms with E-state index in [1.165, 1.54) is 24.2 Å². The molecule has 2 aliphatic rings.